The Bertz CT molecular complexity index is 407. The highest BCUT2D eigenvalue weighted by atomic mass is 16.8. The van der Waals surface area contributed by atoms with Crippen molar-refractivity contribution < 1.29 is 19.8 Å². The highest BCUT2D eigenvalue weighted by Crippen LogP contribution is 2.42. The van der Waals surface area contributed by atoms with E-state index < -0.39 is 5.60 Å². The molecule has 3 rings (SSSR count). The maximum absolute atomic E-state index is 11.2. The fourth-order valence-corrected chi connectivity index (χ4v) is 2.60. The maximum Gasteiger partial charge on any atom is 0.254 e. The first kappa shape index (κ1) is 9.08. The Labute approximate surface area is 85.0 Å². The summed E-state index contributed by atoms with van der Waals surface area (Å²) in [5, 5.41) is 35.8. The lowest BCUT2D eigenvalue weighted by Crippen LogP contribution is -2.47. The molecule has 2 N–H and O–H groups in total. The number of rotatable bonds is 0. The SMILES string of the molecule is [O-][n+]1onc2c1CC[C@@H]1N(O)CC[C@]21O. The average Bonchev–Trinajstić information content (AvgIpc) is 2.71. The number of hydroxylamine groups is 2. The molecule has 2 aliphatic rings. The molecule has 2 heterocycles. The van der Waals surface area contributed by atoms with Crippen LogP contribution < -0.4 is 4.90 Å². The normalized spacial score (nSPS) is 35.2. The molecule has 1 aliphatic heterocycles. The van der Waals surface area contributed by atoms with Crippen molar-refractivity contribution in [2.45, 2.75) is 30.9 Å². The predicted molar refractivity (Wildman–Crippen MR) is 44.6 cm³/mol. The molecule has 0 radical (unpaired) electrons. The summed E-state index contributed by atoms with van der Waals surface area (Å²) in [6.07, 6.45) is 1.36. The van der Waals surface area contributed by atoms with Crippen LogP contribution in [0.2, 0.25) is 0 Å². The number of fused-ring (bicyclic) bond motifs is 3. The van der Waals surface area contributed by atoms with Crippen molar-refractivity contribution in [2.24, 2.45) is 0 Å². The Morgan fingerprint density at radius 1 is 1.67 bits per heavy atom. The van der Waals surface area contributed by atoms with Crippen LogP contribution in [0, 0.1) is 5.21 Å². The van der Waals surface area contributed by atoms with Crippen molar-refractivity contribution in [3.8, 4) is 0 Å². The Morgan fingerprint density at radius 2 is 2.47 bits per heavy atom. The van der Waals surface area contributed by atoms with Crippen LogP contribution >= 0.6 is 0 Å². The summed E-state index contributed by atoms with van der Waals surface area (Å²) < 4.78 is 4.48. The third-order valence-electron chi connectivity index (χ3n) is 3.40. The van der Waals surface area contributed by atoms with Gasteiger partial charge in [-0.25, -0.2) is 0 Å². The van der Waals surface area contributed by atoms with Crippen LogP contribution in [0.1, 0.15) is 24.2 Å². The molecule has 0 bridgehead atoms. The summed E-state index contributed by atoms with van der Waals surface area (Å²) in [7, 11) is 0. The molecule has 7 heteroatoms. The van der Waals surface area contributed by atoms with Gasteiger partial charge in [0, 0.05) is 24.5 Å². The Balaban J connectivity index is 2.12. The smallest absolute Gasteiger partial charge is 0.254 e. The van der Waals surface area contributed by atoms with E-state index in [1.54, 1.807) is 0 Å². The monoisotopic (exact) mass is 213 g/mol. The van der Waals surface area contributed by atoms with Gasteiger partial charge in [-0.3, -0.25) is 4.63 Å². The quantitative estimate of drug-likeness (QED) is 0.531. The third kappa shape index (κ3) is 0.996. The molecule has 1 aromatic heterocycles. The van der Waals surface area contributed by atoms with E-state index in [2.05, 4.69) is 9.79 Å². The van der Waals surface area contributed by atoms with Crippen LogP contribution in [0.25, 0.3) is 0 Å². The van der Waals surface area contributed by atoms with E-state index in [-0.39, 0.29) is 11.7 Å². The number of aromatic nitrogens is 2. The van der Waals surface area contributed by atoms with Gasteiger partial charge >= 0.3 is 0 Å². The van der Waals surface area contributed by atoms with Crippen molar-refractivity contribution in [1.82, 2.24) is 10.2 Å². The van der Waals surface area contributed by atoms with E-state index in [0.29, 0.717) is 36.4 Å². The second kappa shape index (κ2) is 2.69. The largest absolute Gasteiger partial charge is 0.379 e. The lowest BCUT2D eigenvalue weighted by atomic mass is 9.81. The second-order valence-corrected chi connectivity index (χ2v) is 4.12. The van der Waals surface area contributed by atoms with Crippen LogP contribution in [0.4, 0.5) is 0 Å². The summed E-state index contributed by atoms with van der Waals surface area (Å²) in [6, 6.07) is -0.380. The van der Waals surface area contributed by atoms with E-state index in [1.807, 2.05) is 0 Å². The van der Waals surface area contributed by atoms with E-state index in [1.165, 1.54) is 0 Å². The number of aliphatic hydroxyl groups is 1. The first-order chi connectivity index (χ1) is 7.13. The van der Waals surface area contributed by atoms with Crippen molar-refractivity contribution in [3.05, 3.63) is 16.6 Å². The van der Waals surface area contributed by atoms with Crippen LogP contribution in [0.3, 0.4) is 0 Å². The van der Waals surface area contributed by atoms with Crippen LogP contribution in [-0.4, -0.2) is 33.1 Å². The van der Waals surface area contributed by atoms with Crippen LogP contribution in [0.15, 0.2) is 4.63 Å². The molecule has 0 saturated carbocycles. The summed E-state index contributed by atoms with van der Waals surface area (Å²) in [5.41, 5.74) is -0.573. The molecule has 0 aromatic carbocycles. The summed E-state index contributed by atoms with van der Waals surface area (Å²) in [6.45, 7) is 0.381. The molecule has 2 atom stereocenters. The minimum absolute atomic E-state index is 0.283. The van der Waals surface area contributed by atoms with Crippen molar-refractivity contribution in [3.63, 3.8) is 0 Å². The third-order valence-corrected chi connectivity index (χ3v) is 3.40. The van der Waals surface area contributed by atoms with Gasteiger partial charge in [-0.15, -0.1) is 0 Å². The Kier molecular flexibility index (Phi) is 1.63. The molecule has 1 aromatic rings. The maximum atomic E-state index is 11.2. The first-order valence-corrected chi connectivity index (χ1v) is 4.90. The van der Waals surface area contributed by atoms with Gasteiger partial charge in [-0.1, -0.05) is 0 Å². The predicted octanol–water partition coefficient (Wildman–Crippen LogP) is -1.09. The zero-order chi connectivity index (χ0) is 10.6. The van der Waals surface area contributed by atoms with Gasteiger partial charge < -0.3 is 15.5 Å². The van der Waals surface area contributed by atoms with Crippen molar-refractivity contribution in [1.29, 1.82) is 0 Å². The lowest BCUT2D eigenvalue weighted by Gasteiger charge is -2.31. The summed E-state index contributed by atoms with van der Waals surface area (Å²) in [4.78, 5) is 0.337. The van der Waals surface area contributed by atoms with E-state index in [9.17, 15) is 15.5 Å². The molecule has 1 fully saturated rings. The minimum atomic E-state index is -1.23. The molecule has 1 aliphatic carbocycles. The fourth-order valence-electron chi connectivity index (χ4n) is 2.60. The standard InChI is InChI=1S/C8H11N3O4/c12-8-3-4-10(13)6(8)2-1-5-7(8)9-15-11(5)14/h6,12-13H,1-4H2/t6-,8+/m0/s1. The summed E-state index contributed by atoms with van der Waals surface area (Å²) >= 11 is 0. The van der Waals surface area contributed by atoms with Gasteiger partial charge in [0.15, 0.2) is 5.60 Å². The van der Waals surface area contributed by atoms with E-state index in [4.69, 9.17) is 0 Å². The van der Waals surface area contributed by atoms with Gasteiger partial charge in [0.1, 0.15) is 0 Å². The van der Waals surface area contributed by atoms with Gasteiger partial charge in [0.05, 0.1) is 6.04 Å². The first-order valence-electron chi connectivity index (χ1n) is 4.90. The van der Waals surface area contributed by atoms with Gasteiger partial charge in [-0.05, 0) is 11.3 Å². The molecule has 82 valence electrons. The Hall–Kier alpha value is -1.18. The highest BCUT2D eigenvalue weighted by Gasteiger charge is 2.56. The lowest BCUT2D eigenvalue weighted by molar-refractivity contribution is -0.808. The van der Waals surface area contributed by atoms with Crippen LogP contribution in [0.5, 0.6) is 0 Å². The molecule has 7 nitrogen and oxygen atoms in total. The highest BCUT2D eigenvalue weighted by molar-refractivity contribution is 5.23. The molecule has 0 spiro atoms. The topological polar surface area (TPSA) is 96.7 Å². The molecule has 0 unspecified atom stereocenters. The van der Waals surface area contributed by atoms with E-state index in [0.717, 1.165) is 5.06 Å². The van der Waals surface area contributed by atoms with Gasteiger partial charge in [0.2, 0.25) is 5.69 Å². The molecule has 1 saturated heterocycles. The zero-order valence-corrected chi connectivity index (χ0v) is 7.96. The van der Waals surface area contributed by atoms with Crippen molar-refractivity contribution >= 4 is 0 Å². The van der Waals surface area contributed by atoms with Gasteiger partial charge in [0.25, 0.3) is 5.69 Å². The fraction of sp³-hybridized carbons (Fsp3) is 0.750. The average molecular weight is 213 g/mol. The van der Waals surface area contributed by atoms with Gasteiger partial charge in [-0.2, -0.15) is 5.06 Å². The van der Waals surface area contributed by atoms with E-state index >= 15 is 0 Å². The Morgan fingerprint density at radius 3 is 3.27 bits per heavy atom. The van der Waals surface area contributed by atoms with Crippen molar-refractivity contribution in [2.75, 3.05) is 6.54 Å². The summed E-state index contributed by atoms with van der Waals surface area (Å²) in [5.74, 6) is 0. The minimum Gasteiger partial charge on any atom is -0.379 e. The molecule has 0 amide bonds. The molecular weight excluding hydrogens is 202 g/mol. The van der Waals surface area contributed by atoms with Crippen LogP contribution in [-0.2, 0) is 12.0 Å². The second-order valence-electron chi connectivity index (χ2n) is 4.12. The molecule has 15 heavy (non-hydrogen) atoms. The number of hydrogen-bond acceptors (Lipinski definition) is 6. The molecular formula is C8H11N3O4. The zero-order valence-electron chi connectivity index (χ0n) is 7.96. The number of nitrogens with zero attached hydrogens (tertiary/aromatic N) is 3. The number of hydrogen-bond donors (Lipinski definition) is 2.